The van der Waals surface area contributed by atoms with Crippen molar-refractivity contribution in [2.24, 2.45) is 0 Å². The molecule has 3 aromatic carbocycles. The van der Waals surface area contributed by atoms with E-state index in [-0.39, 0.29) is 21.4 Å². The van der Waals surface area contributed by atoms with Crippen LogP contribution in [0.5, 0.6) is 17.2 Å². The molecule has 0 bridgehead atoms. The van der Waals surface area contributed by atoms with Crippen molar-refractivity contribution in [1.29, 1.82) is 0 Å². The number of sulfone groups is 1. The van der Waals surface area contributed by atoms with Gasteiger partial charge in [-0.05, 0) is 54.6 Å². The maximum atomic E-state index is 14.0. The number of amides is 1. The molecule has 1 aromatic heterocycles. The molecule has 0 aliphatic carbocycles. The Bertz CT molecular complexity index is 1440. The summed E-state index contributed by atoms with van der Waals surface area (Å²) in [5.74, 6) is 0.988. The van der Waals surface area contributed by atoms with Crippen LogP contribution in [0, 0.1) is 0 Å². The average Bonchev–Trinajstić information content (AvgIpc) is 2.81. The van der Waals surface area contributed by atoms with E-state index in [0.717, 1.165) is 0 Å². The smallest absolute Gasteiger partial charge is 0.221 e. The van der Waals surface area contributed by atoms with Gasteiger partial charge in [-0.1, -0.05) is 0 Å². The van der Waals surface area contributed by atoms with Gasteiger partial charge in [0.05, 0.1) is 47.8 Å². The number of fused-ring (bicyclic) bond motifs is 2. The SMILES string of the molecule is COc1ccc2nc3ccc(OC)cc3c(S(=O)(=O)c3ccc(OC)c(NC(C)=O)c3)c2c1. The minimum Gasteiger partial charge on any atom is -0.497 e. The second-order valence-corrected chi connectivity index (χ2v) is 9.14. The zero-order valence-corrected chi connectivity index (χ0v) is 19.3. The maximum Gasteiger partial charge on any atom is 0.221 e. The van der Waals surface area contributed by atoms with Crippen LogP contribution >= 0.6 is 0 Å². The number of nitrogens with zero attached hydrogens (tertiary/aromatic N) is 1. The number of rotatable bonds is 6. The van der Waals surface area contributed by atoms with Crippen LogP contribution in [0.4, 0.5) is 5.69 Å². The van der Waals surface area contributed by atoms with E-state index in [1.807, 2.05) is 0 Å². The van der Waals surface area contributed by atoms with E-state index >= 15 is 0 Å². The summed E-state index contributed by atoms with van der Waals surface area (Å²) in [4.78, 5) is 16.3. The number of anilines is 1. The molecule has 4 aromatic rings. The van der Waals surface area contributed by atoms with E-state index in [2.05, 4.69) is 10.3 Å². The summed E-state index contributed by atoms with van der Waals surface area (Å²) in [5.41, 5.74) is 1.26. The molecule has 9 heteroatoms. The lowest BCUT2D eigenvalue weighted by molar-refractivity contribution is -0.114. The molecule has 33 heavy (non-hydrogen) atoms. The Labute approximate surface area is 191 Å². The van der Waals surface area contributed by atoms with E-state index in [4.69, 9.17) is 14.2 Å². The molecule has 0 spiro atoms. The first-order valence-corrected chi connectivity index (χ1v) is 11.4. The van der Waals surface area contributed by atoms with Crippen molar-refractivity contribution in [2.75, 3.05) is 26.6 Å². The first-order valence-electron chi connectivity index (χ1n) is 9.94. The Kier molecular flexibility index (Phi) is 5.82. The highest BCUT2D eigenvalue weighted by Crippen LogP contribution is 2.38. The Balaban J connectivity index is 2.08. The normalized spacial score (nSPS) is 11.4. The molecular weight excluding hydrogens is 444 g/mol. The van der Waals surface area contributed by atoms with E-state index in [1.165, 1.54) is 46.5 Å². The second kappa shape index (κ2) is 8.59. The summed E-state index contributed by atoms with van der Waals surface area (Å²) in [6.45, 7) is 1.34. The zero-order chi connectivity index (χ0) is 23.8. The van der Waals surface area contributed by atoms with Crippen LogP contribution in [-0.4, -0.2) is 40.6 Å². The fourth-order valence-corrected chi connectivity index (χ4v) is 5.33. The van der Waals surface area contributed by atoms with Gasteiger partial charge in [0.2, 0.25) is 15.7 Å². The molecule has 1 amide bonds. The Morgan fingerprint density at radius 1 is 0.818 bits per heavy atom. The van der Waals surface area contributed by atoms with Gasteiger partial charge >= 0.3 is 0 Å². The van der Waals surface area contributed by atoms with Crippen molar-refractivity contribution >= 4 is 43.2 Å². The molecule has 0 unspecified atom stereocenters. The molecule has 1 N–H and O–H groups in total. The monoisotopic (exact) mass is 466 g/mol. The van der Waals surface area contributed by atoms with Crippen LogP contribution in [0.1, 0.15) is 6.92 Å². The number of nitrogens with one attached hydrogen (secondary N) is 1. The highest BCUT2D eigenvalue weighted by Gasteiger charge is 2.26. The van der Waals surface area contributed by atoms with Crippen molar-refractivity contribution in [3.05, 3.63) is 54.6 Å². The quantitative estimate of drug-likeness (QED) is 0.425. The number of benzene rings is 3. The van der Waals surface area contributed by atoms with Gasteiger partial charge in [0.15, 0.2) is 0 Å². The Morgan fingerprint density at radius 2 is 1.39 bits per heavy atom. The average molecular weight is 467 g/mol. The first-order chi connectivity index (χ1) is 15.8. The summed E-state index contributed by atoms with van der Waals surface area (Å²) >= 11 is 0. The Hall–Kier alpha value is -3.85. The molecule has 0 saturated carbocycles. The lowest BCUT2D eigenvalue weighted by atomic mass is 10.1. The van der Waals surface area contributed by atoms with Gasteiger partial charge < -0.3 is 19.5 Å². The van der Waals surface area contributed by atoms with E-state index in [0.29, 0.717) is 39.1 Å². The van der Waals surface area contributed by atoms with Crippen molar-refractivity contribution in [1.82, 2.24) is 4.98 Å². The summed E-state index contributed by atoms with van der Waals surface area (Å²) in [7, 11) is 0.378. The Morgan fingerprint density at radius 3 is 1.88 bits per heavy atom. The standard InChI is InChI=1S/C24H22N2O6S/c1-14(27)25-22-13-17(7-10-23(22)32-4)33(28,29)24-18-11-15(30-2)5-8-20(18)26-21-9-6-16(31-3)12-19(21)24/h5-13H,1-4H3,(H,25,27). The molecule has 0 aliphatic heterocycles. The van der Waals surface area contributed by atoms with Gasteiger partial charge in [-0.15, -0.1) is 0 Å². The minimum atomic E-state index is -4.08. The van der Waals surface area contributed by atoms with Crippen LogP contribution < -0.4 is 19.5 Å². The van der Waals surface area contributed by atoms with Crippen LogP contribution in [0.25, 0.3) is 21.8 Å². The summed E-state index contributed by atoms with van der Waals surface area (Å²) in [6.07, 6.45) is 0. The molecule has 0 aliphatic rings. The number of aromatic nitrogens is 1. The predicted molar refractivity (Wildman–Crippen MR) is 125 cm³/mol. The molecule has 1 heterocycles. The summed E-state index contributed by atoms with van der Waals surface area (Å²) < 4.78 is 44.0. The lowest BCUT2D eigenvalue weighted by Gasteiger charge is -2.15. The fraction of sp³-hybridized carbons (Fsp3) is 0.167. The largest absolute Gasteiger partial charge is 0.497 e. The fourth-order valence-electron chi connectivity index (χ4n) is 3.67. The highest BCUT2D eigenvalue weighted by molar-refractivity contribution is 7.92. The number of hydrogen-bond donors (Lipinski definition) is 1. The van der Waals surface area contributed by atoms with Gasteiger partial charge in [0.25, 0.3) is 0 Å². The van der Waals surface area contributed by atoms with Crippen LogP contribution in [0.3, 0.4) is 0 Å². The van der Waals surface area contributed by atoms with E-state index in [9.17, 15) is 13.2 Å². The number of pyridine rings is 1. The highest BCUT2D eigenvalue weighted by atomic mass is 32.2. The molecule has 4 rings (SSSR count). The maximum absolute atomic E-state index is 14.0. The second-order valence-electron chi connectivity index (χ2n) is 7.25. The van der Waals surface area contributed by atoms with E-state index in [1.54, 1.807) is 36.4 Å². The number of carbonyl (C=O) groups is 1. The zero-order valence-electron chi connectivity index (χ0n) is 18.5. The minimum absolute atomic E-state index is 0.00788. The molecule has 0 fully saturated rings. The lowest BCUT2D eigenvalue weighted by Crippen LogP contribution is -2.10. The third kappa shape index (κ3) is 4.03. The number of carbonyl (C=O) groups excluding carboxylic acids is 1. The first kappa shape index (κ1) is 22.3. The topological polar surface area (TPSA) is 104 Å². The number of methoxy groups -OCH3 is 3. The molecule has 0 atom stereocenters. The van der Waals surface area contributed by atoms with Crippen molar-refractivity contribution in [3.8, 4) is 17.2 Å². The van der Waals surface area contributed by atoms with Crippen molar-refractivity contribution in [2.45, 2.75) is 16.7 Å². The molecule has 8 nitrogen and oxygen atoms in total. The number of hydrogen-bond acceptors (Lipinski definition) is 7. The molecule has 0 radical (unpaired) electrons. The van der Waals surface area contributed by atoms with Gasteiger partial charge in [0.1, 0.15) is 17.2 Å². The molecule has 0 saturated heterocycles. The predicted octanol–water partition coefficient (Wildman–Crippen LogP) is 4.21. The van der Waals surface area contributed by atoms with Crippen molar-refractivity contribution in [3.63, 3.8) is 0 Å². The van der Waals surface area contributed by atoms with Gasteiger partial charge in [0, 0.05) is 17.7 Å². The van der Waals surface area contributed by atoms with Crippen LogP contribution in [0.2, 0.25) is 0 Å². The molecular formula is C24H22N2O6S. The van der Waals surface area contributed by atoms with Gasteiger partial charge in [-0.25, -0.2) is 13.4 Å². The van der Waals surface area contributed by atoms with Gasteiger partial charge in [-0.3, -0.25) is 4.79 Å². The van der Waals surface area contributed by atoms with Crippen LogP contribution in [0.15, 0.2) is 64.4 Å². The summed E-state index contributed by atoms with van der Waals surface area (Å²) in [5, 5.41) is 3.44. The molecule has 170 valence electrons. The van der Waals surface area contributed by atoms with E-state index < -0.39 is 9.84 Å². The third-order valence-corrected chi connectivity index (χ3v) is 7.05. The third-order valence-electron chi connectivity index (χ3n) is 5.20. The van der Waals surface area contributed by atoms with Gasteiger partial charge in [-0.2, -0.15) is 0 Å². The van der Waals surface area contributed by atoms with Crippen LogP contribution in [-0.2, 0) is 14.6 Å². The summed E-state index contributed by atoms with van der Waals surface area (Å²) in [6, 6.07) is 14.5. The number of ether oxygens (including phenoxy) is 3. The van der Waals surface area contributed by atoms with Crippen molar-refractivity contribution < 1.29 is 27.4 Å².